The van der Waals surface area contributed by atoms with E-state index in [1.165, 1.54) is 4.90 Å². The van der Waals surface area contributed by atoms with Crippen molar-refractivity contribution in [2.24, 2.45) is 5.92 Å². The molecule has 1 aliphatic rings. The Kier molecular flexibility index (Phi) is 4.25. The molecule has 0 bridgehead atoms. The SMILES string of the molecule is N#Cc1ccc(Br)cc1NC(=O)N1CCC(C(=O)O)C1. The summed E-state index contributed by atoms with van der Waals surface area (Å²) in [5.74, 6) is -1.40. The fraction of sp³-hybridized carbons (Fsp3) is 0.308. The number of carbonyl (C=O) groups is 2. The quantitative estimate of drug-likeness (QED) is 0.865. The van der Waals surface area contributed by atoms with Crippen LogP contribution in [0.3, 0.4) is 0 Å². The van der Waals surface area contributed by atoms with Gasteiger partial charge in [0.25, 0.3) is 0 Å². The highest BCUT2D eigenvalue weighted by molar-refractivity contribution is 9.10. The molecule has 20 heavy (non-hydrogen) atoms. The van der Waals surface area contributed by atoms with Gasteiger partial charge in [0, 0.05) is 17.6 Å². The molecule has 1 heterocycles. The van der Waals surface area contributed by atoms with Crippen molar-refractivity contribution in [1.29, 1.82) is 5.26 Å². The third-order valence-corrected chi connectivity index (χ3v) is 3.66. The summed E-state index contributed by atoms with van der Waals surface area (Å²) in [5.41, 5.74) is 0.765. The van der Waals surface area contributed by atoms with E-state index in [1.807, 2.05) is 6.07 Å². The first kappa shape index (κ1) is 14.3. The van der Waals surface area contributed by atoms with Crippen LogP contribution >= 0.6 is 15.9 Å². The molecule has 2 N–H and O–H groups in total. The molecule has 0 aromatic heterocycles. The zero-order chi connectivity index (χ0) is 14.7. The van der Waals surface area contributed by atoms with Gasteiger partial charge in [-0.1, -0.05) is 15.9 Å². The smallest absolute Gasteiger partial charge is 0.321 e. The van der Waals surface area contributed by atoms with Crippen LogP contribution in [0.2, 0.25) is 0 Å². The van der Waals surface area contributed by atoms with Gasteiger partial charge in [-0.05, 0) is 24.6 Å². The van der Waals surface area contributed by atoms with E-state index in [2.05, 4.69) is 21.2 Å². The van der Waals surface area contributed by atoms with Crippen molar-refractivity contribution in [3.05, 3.63) is 28.2 Å². The van der Waals surface area contributed by atoms with Gasteiger partial charge in [0.05, 0.1) is 17.2 Å². The van der Waals surface area contributed by atoms with Gasteiger partial charge in [0.1, 0.15) is 6.07 Å². The summed E-state index contributed by atoms with van der Waals surface area (Å²) >= 11 is 3.28. The largest absolute Gasteiger partial charge is 0.481 e. The minimum absolute atomic E-state index is 0.192. The minimum Gasteiger partial charge on any atom is -0.481 e. The molecule has 0 saturated carbocycles. The Morgan fingerprint density at radius 2 is 2.25 bits per heavy atom. The van der Waals surface area contributed by atoms with Crippen LogP contribution in [0, 0.1) is 17.2 Å². The van der Waals surface area contributed by atoms with Crippen LogP contribution in [0.25, 0.3) is 0 Å². The number of urea groups is 1. The Morgan fingerprint density at radius 3 is 2.85 bits per heavy atom. The standard InChI is InChI=1S/C13H12BrN3O3/c14-10-2-1-8(6-15)11(5-10)16-13(20)17-4-3-9(7-17)12(18)19/h1-2,5,9H,3-4,7H2,(H,16,20)(H,18,19). The van der Waals surface area contributed by atoms with Gasteiger partial charge in [-0.15, -0.1) is 0 Å². The van der Waals surface area contributed by atoms with E-state index in [4.69, 9.17) is 10.4 Å². The molecule has 1 aromatic rings. The topological polar surface area (TPSA) is 93.4 Å². The molecule has 1 unspecified atom stereocenters. The van der Waals surface area contributed by atoms with Gasteiger partial charge >= 0.3 is 12.0 Å². The van der Waals surface area contributed by atoms with Crippen LogP contribution in [0.15, 0.2) is 22.7 Å². The molecule has 1 fully saturated rings. The molecule has 2 rings (SSSR count). The van der Waals surface area contributed by atoms with Gasteiger partial charge in [-0.2, -0.15) is 5.26 Å². The highest BCUT2D eigenvalue weighted by atomic mass is 79.9. The molecular weight excluding hydrogens is 326 g/mol. The van der Waals surface area contributed by atoms with Crippen LogP contribution < -0.4 is 5.32 Å². The van der Waals surface area contributed by atoms with Crippen molar-refractivity contribution in [3.63, 3.8) is 0 Å². The van der Waals surface area contributed by atoms with Gasteiger partial charge in [0.15, 0.2) is 0 Å². The summed E-state index contributed by atoms with van der Waals surface area (Å²) in [4.78, 5) is 24.4. The van der Waals surface area contributed by atoms with Crippen molar-refractivity contribution in [1.82, 2.24) is 4.90 Å². The van der Waals surface area contributed by atoms with Crippen LogP contribution in [0.1, 0.15) is 12.0 Å². The molecule has 6 nitrogen and oxygen atoms in total. The summed E-state index contributed by atoms with van der Waals surface area (Å²) < 4.78 is 0.747. The second kappa shape index (κ2) is 5.92. The minimum atomic E-state index is -0.888. The van der Waals surface area contributed by atoms with Crippen molar-refractivity contribution in [2.45, 2.75) is 6.42 Å². The Balaban J connectivity index is 2.08. The fourth-order valence-electron chi connectivity index (χ4n) is 2.06. The number of rotatable bonds is 2. The van der Waals surface area contributed by atoms with E-state index in [1.54, 1.807) is 18.2 Å². The maximum atomic E-state index is 12.1. The lowest BCUT2D eigenvalue weighted by atomic mass is 10.1. The van der Waals surface area contributed by atoms with E-state index >= 15 is 0 Å². The third-order valence-electron chi connectivity index (χ3n) is 3.17. The Hall–Kier alpha value is -2.07. The van der Waals surface area contributed by atoms with Gasteiger partial charge in [-0.3, -0.25) is 4.79 Å². The van der Waals surface area contributed by atoms with Crippen molar-refractivity contribution in [2.75, 3.05) is 18.4 Å². The molecule has 2 amide bonds. The molecular formula is C13H12BrN3O3. The summed E-state index contributed by atoms with van der Waals surface area (Å²) in [6.45, 7) is 0.593. The summed E-state index contributed by atoms with van der Waals surface area (Å²) in [6.07, 6.45) is 0.451. The van der Waals surface area contributed by atoms with Crippen molar-refractivity contribution < 1.29 is 14.7 Å². The van der Waals surface area contributed by atoms with E-state index in [0.717, 1.165) is 4.47 Å². The summed E-state index contributed by atoms with van der Waals surface area (Å²) in [5, 5.41) is 20.6. The number of carboxylic acid groups (broad SMARTS) is 1. The number of carboxylic acids is 1. The Bertz CT molecular complexity index is 597. The monoisotopic (exact) mass is 337 g/mol. The number of benzene rings is 1. The predicted molar refractivity (Wildman–Crippen MR) is 75.2 cm³/mol. The van der Waals surface area contributed by atoms with Gasteiger partial charge in [0.2, 0.25) is 0 Å². The number of carbonyl (C=O) groups excluding carboxylic acids is 1. The summed E-state index contributed by atoms with van der Waals surface area (Å²) in [6, 6.07) is 6.57. The second-order valence-corrected chi connectivity index (χ2v) is 5.42. The second-order valence-electron chi connectivity index (χ2n) is 4.50. The van der Waals surface area contributed by atoms with Crippen LogP contribution in [-0.2, 0) is 4.79 Å². The van der Waals surface area contributed by atoms with Crippen molar-refractivity contribution >= 4 is 33.6 Å². The molecule has 1 aliphatic heterocycles. The van der Waals surface area contributed by atoms with Crippen LogP contribution in [-0.4, -0.2) is 35.1 Å². The number of anilines is 1. The Labute approximate surface area is 124 Å². The summed E-state index contributed by atoms with van der Waals surface area (Å²) in [7, 11) is 0. The Morgan fingerprint density at radius 1 is 1.50 bits per heavy atom. The number of amides is 2. The van der Waals surface area contributed by atoms with E-state index in [9.17, 15) is 9.59 Å². The molecule has 7 heteroatoms. The average Bonchev–Trinajstić information content (AvgIpc) is 2.89. The van der Waals surface area contributed by atoms with Crippen LogP contribution in [0.5, 0.6) is 0 Å². The highest BCUT2D eigenvalue weighted by Crippen LogP contribution is 2.23. The average molecular weight is 338 g/mol. The lowest BCUT2D eigenvalue weighted by Gasteiger charge is -2.17. The molecule has 0 aliphatic carbocycles. The number of nitriles is 1. The first-order valence-corrected chi connectivity index (χ1v) is 6.79. The van der Waals surface area contributed by atoms with Gasteiger partial charge in [-0.25, -0.2) is 4.79 Å². The molecule has 0 spiro atoms. The molecule has 0 radical (unpaired) electrons. The molecule has 1 atom stereocenters. The number of aliphatic carboxylic acids is 1. The number of halogens is 1. The number of nitrogens with one attached hydrogen (secondary N) is 1. The lowest BCUT2D eigenvalue weighted by Crippen LogP contribution is -2.34. The number of hydrogen-bond donors (Lipinski definition) is 2. The van der Waals surface area contributed by atoms with Crippen molar-refractivity contribution in [3.8, 4) is 6.07 Å². The zero-order valence-electron chi connectivity index (χ0n) is 10.5. The van der Waals surface area contributed by atoms with E-state index < -0.39 is 11.9 Å². The predicted octanol–water partition coefficient (Wildman–Crippen LogP) is 2.26. The fourth-order valence-corrected chi connectivity index (χ4v) is 2.42. The number of nitrogens with zero attached hydrogens (tertiary/aromatic N) is 2. The lowest BCUT2D eigenvalue weighted by molar-refractivity contribution is -0.141. The molecule has 104 valence electrons. The first-order chi connectivity index (χ1) is 9.51. The van der Waals surface area contributed by atoms with E-state index in [0.29, 0.717) is 24.2 Å². The first-order valence-electron chi connectivity index (χ1n) is 5.99. The number of likely N-dealkylation sites (tertiary alicyclic amines) is 1. The van der Waals surface area contributed by atoms with Gasteiger partial charge < -0.3 is 15.3 Å². The third kappa shape index (κ3) is 3.08. The molecule has 1 saturated heterocycles. The maximum Gasteiger partial charge on any atom is 0.321 e. The van der Waals surface area contributed by atoms with E-state index in [-0.39, 0.29) is 12.6 Å². The zero-order valence-corrected chi connectivity index (χ0v) is 12.1. The normalized spacial score (nSPS) is 17.6. The maximum absolute atomic E-state index is 12.1. The van der Waals surface area contributed by atoms with Crippen LogP contribution in [0.4, 0.5) is 10.5 Å². The molecule has 1 aromatic carbocycles. The highest BCUT2D eigenvalue weighted by Gasteiger charge is 2.31. The number of hydrogen-bond acceptors (Lipinski definition) is 3.